The van der Waals surface area contributed by atoms with Crippen molar-refractivity contribution >= 4 is 28.1 Å². The maximum absolute atomic E-state index is 11.9. The van der Waals surface area contributed by atoms with Crippen LogP contribution in [0.1, 0.15) is 21.5 Å². The highest BCUT2D eigenvalue weighted by Gasteiger charge is 2.06. The van der Waals surface area contributed by atoms with Crippen molar-refractivity contribution < 1.29 is 9.90 Å². The predicted molar refractivity (Wildman–Crippen MR) is 82.0 cm³/mol. The van der Waals surface area contributed by atoms with Gasteiger partial charge in [0.2, 0.25) is 0 Å². The lowest BCUT2D eigenvalue weighted by atomic mass is 10.1. The number of phenolic OH excluding ortho intramolecular Hbond substituents is 1. The van der Waals surface area contributed by atoms with Crippen LogP contribution in [0.15, 0.2) is 52.0 Å². The fourth-order valence-electron chi connectivity index (χ4n) is 1.68. The van der Waals surface area contributed by atoms with E-state index in [1.54, 1.807) is 30.3 Å². The Kier molecular flexibility index (Phi) is 4.53. The first-order valence-corrected chi connectivity index (χ1v) is 6.75. The molecule has 0 heterocycles. The Morgan fingerprint density at radius 1 is 1.25 bits per heavy atom. The summed E-state index contributed by atoms with van der Waals surface area (Å²) in [5.74, 6) is -0.199. The Bertz CT molecular complexity index is 669. The van der Waals surface area contributed by atoms with E-state index in [0.29, 0.717) is 15.6 Å². The Morgan fingerprint density at radius 2 is 2.00 bits per heavy atom. The van der Waals surface area contributed by atoms with Crippen LogP contribution in [0.3, 0.4) is 0 Å². The molecule has 0 radical (unpaired) electrons. The van der Waals surface area contributed by atoms with Crippen molar-refractivity contribution in [3.63, 3.8) is 0 Å². The second-order valence-electron chi connectivity index (χ2n) is 4.19. The Morgan fingerprint density at radius 3 is 2.75 bits per heavy atom. The van der Waals surface area contributed by atoms with Crippen LogP contribution in [0, 0.1) is 6.92 Å². The smallest absolute Gasteiger partial charge is 0.271 e. The average molecular weight is 333 g/mol. The Hall–Kier alpha value is -2.14. The molecule has 0 atom stereocenters. The van der Waals surface area contributed by atoms with Crippen molar-refractivity contribution in [2.45, 2.75) is 6.92 Å². The maximum atomic E-state index is 11.9. The van der Waals surface area contributed by atoms with Gasteiger partial charge in [-0.25, -0.2) is 5.43 Å². The molecule has 2 rings (SSSR count). The minimum absolute atomic E-state index is 0.0846. The molecule has 20 heavy (non-hydrogen) atoms. The second-order valence-corrected chi connectivity index (χ2v) is 5.05. The van der Waals surface area contributed by atoms with Gasteiger partial charge in [0.25, 0.3) is 5.91 Å². The van der Waals surface area contributed by atoms with E-state index < -0.39 is 0 Å². The molecule has 5 heteroatoms. The van der Waals surface area contributed by atoms with E-state index in [1.165, 1.54) is 6.21 Å². The van der Waals surface area contributed by atoms with Gasteiger partial charge in [-0.3, -0.25) is 4.79 Å². The first-order chi connectivity index (χ1) is 9.59. The maximum Gasteiger partial charge on any atom is 0.271 e. The summed E-state index contributed by atoms with van der Waals surface area (Å²) in [4.78, 5) is 11.9. The monoisotopic (exact) mass is 332 g/mol. The molecule has 0 bridgehead atoms. The summed E-state index contributed by atoms with van der Waals surface area (Å²) >= 11 is 3.21. The molecule has 2 aromatic carbocycles. The van der Waals surface area contributed by atoms with Gasteiger partial charge in [-0.1, -0.05) is 24.3 Å². The number of halogens is 1. The highest BCUT2D eigenvalue weighted by atomic mass is 79.9. The van der Waals surface area contributed by atoms with Gasteiger partial charge in [0.1, 0.15) is 5.75 Å². The summed E-state index contributed by atoms with van der Waals surface area (Å²) in [6, 6.07) is 12.5. The molecule has 0 fully saturated rings. The van der Waals surface area contributed by atoms with E-state index in [0.717, 1.165) is 5.56 Å². The highest BCUT2D eigenvalue weighted by molar-refractivity contribution is 9.10. The van der Waals surface area contributed by atoms with Gasteiger partial charge < -0.3 is 5.11 Å². The molecule has 0 spiro atoms. The minimum atomic E-state index is -0.283. The molecule has 2 aromatic rings. The van der Waals surface area contributed by atoms with Crippen LogP contribution < -0.4 is 5.43 Å². The normalized spacial score (nSPS) is 10.7. The van der Waals surface area contributed by atoms with Crippen LogP contribution in [0.25, 0.3) is 0 Å². The molecular weight excluding hydrogens is 320 g/mol. The van der Waals surface area contributed by atoms with Crippen LogP contribution in [0.4, 0.5) is 0 Å². The largest absolute Gasteiger partial charge is 0.506 e. The number of amides is 1. The number of hydrazone groups is 1. The van der Waals surface area contributed by atoms with Crippen molar-refractivity contribution in [2.24, 2.45) is 5.10 Å². The summed E-state index contributed by atoms with van der Waals surface area (Å²) < 4.78 is 0.576. The van der Waals surface area contributed by atoms with Gasteiger partial charge in [-0.2, -0.15) is 5.10 Å². The zero-order valence-corrected chi connectivity index (χ0v) is 12.4. The quantitative estimate of drug-likeness (QED) is 0.669. The molecule has 0 unspecified atom stereocenters. The zero-order chi connectivity index (χ0) is 14.5. The number of hydrogen-bond acceptors (Lipinski definition) is 3. The first-order valence-electron chi connectivity index (χ1n) is 5.96. The zero-order valence-electron chi connectivity index (χ0n) is 10.8. The number of carbonyl (C=O) groups is 1. The first kappa shape index (κ1) is 14.3. The van der Waals surface area contributed by atoms with Gasteiger partial charge in [-0.15, -0.1) is 0 Å². The molecule has 0 aromatic heterocycles. The lowest BCUT2D eigenvalue weighted by Crippen LogP contribution is -2.18. The van der Waals surface area contributed by atoms with E-state index >= 15 is 0 Å². The molecule has 0 aliphatic carbocycles. The van der Waals surface area contributed by atoms with E-state index in [4.69, 9.17) is 0 Å². The summed E-state index contributed by atoms with van der Waals surface area (Å²) in [6.45, 7) is 1.86. The SMILES string of the molecule is Cc1ccccc1C(=O)NN=Cc1cccc(Br)c1O. The van der Waals surface area contributed by atoms with Gasteiger partial charge in [0.15, 0.2) is 0 Å². The van der Waals surface area contributed by atoms with Gasteiger partial charge in [-0.05, 0) is 46.6 Å². The minimum Gasteiger partial charge on any atom is -0.506 e. The van der Waals surface area contributed by atoms with Crippen LogP contribution in [0.2, 0.25) is 0 Å². The number of nitrogens with one attached hydrogen (secondary N) is 1. The topological polar surface area (TPSA) is 61.7 Å². The number of benzene rings is 2. The molecule has 2 N–H and O–H groups in total. The van der Waals surface area contributed by atoms with Crippen molar-refractivity contribution in [2.75, 3.05) is 0 Å². The van der Waals surface area contributed by atoms with Gasteiger partial charge in [0, 0.05) is 11.1 Å². The van der Waals surface area contributed by atoms with Crippen molar-refractivity contribution in [1.29, 1.82) is 0 Å². The van der Waals surface area contributed by atoms with Gasteiger partial charge >= 0.3 is 0 Å². The van der Waals surface area contributed by atoms with E-state index in [2.05, 4.69) is 26.5 Å². The molecule has 0 saturated heterocycles. The number of nitrogens with zero attached hydrogens (tertiary/aromatic N) is 1. The number of hydrogen-bond donors (Lipinski definition) is 2. The molecule has 0 aliphatic rings. The lowest BCUT2D eigenvalue weighted by molar-refractivity contribution is 0.0954. The summed E-state index contributed by atoms with van der Waals surface area (Å²) in [5.41, 5.74) is 4.41. The van der Waals surface area contributed by atoms with Crippen molar-refractivity contribution in [1.82, 2.24) is 5.43 Å². The average Bonchev–Trinajstić information content (AvgIpc) is 2.44. The van der Waals surface area contributed by atoms with Crippen LogP contribution >= 0.6 is 15.9 Å². The number of para-hydroxylation sites is 1. The number of phenols is 1. The lowest BCUT2D eigenvalue weighted by Gasteiger charge is -2.03. The molecule has 4 nitrogen and oxygen atoms in total. The number of rotatable bonds is 3. The summed E-state index contributed by atoms with van der Waals surface area (Å²) in [5, 5.41) is 13.6. The third-order valence-electron chi connectivity index (χ3n) is 2.78. The number of carbonyl (C=O) groups excluding carboxylic acids is 1. The number of aryl methyl sites for hydroxylation is 1. The Labute approximate surface area is 125 Å². The van der Waals surface area contributed by atoms with Crippen LogP contribution in [0.5, 0.6) is 5.75 Å². The predicted octanol–water partition coefficient (Wildman–Crippen LogP) is 3.23. The van der Waals surface area contributed by atoms with E-state index in [-0.39, 0.29) is 11.7 Å². The number of aromatic hydroxyl groups is 1. The highest BCUT2D eigenvalue weighted by Crippen LogP contribution is 2.25. The third kappa shape index (κ3) is 3.24. The van der Waals surface area contributed by atoms with Crippen LogP contribution in [-0.2, 0) is 0 Å². The third-order valence-corrected chi connectivity index (χ3v) is 3.42. The van der Waals surface area contributed by atoms with Gasteiger partial charge in [0.05, 0.1) is 10.7 Å². The van der Waals surface area contributed by atoms with Crippen molar-refractivity contribution in [3.8, 4) is 5.75 Å². The van der Waals surface area contributed by atoms with Crippen molar-refractivity contribution in [3.05, 3.63) is 63.6 Å². The molecule has 0 saturated carbocycles. The molecular formula is C15H13BrN2O2. The molecule has 102 valence electrons. The molecule has 1 amide bonds. The summed E-state index contributed by atoms with van der Waals surface area (Å²) in [7, 11) is 0. The second kappa shape index (κ2) is 6.34. The molecule has 0 aliphatic heterocycles. The van der Waals surface area contributed by atoms with Crippen LogP contribution in [-0.4, -0.2) is 17.2 Å². The fraction of sp³-hybridized carbons (Fsp3) is 0.0667. The van der Waals surface area contributed by atoms with E-state index in [9.17, 15) is 9.90 Å². The fourth-order valence-corrected chi connectivity index (χ4v) is 2.07. The standard InChI is InChI=1S/C15H13BrN2O2/c1-10-5-2-3-7-12(10)15(20)18-17-9-11-6-4-8-13(16)14(11)19/h2-9,19H,1H3,(H,18,20). The Balaban J connectivity index is 2.09. The van der Waals surface area contributed by atoms with E-state index in [1.807, 2.05) is 19.1 Å². The summed E-state index contributed by atoms with van der Waals surface area (Å²) in [6.07, 6.45) is 1.40.